The predicted octanol–water partition coefficient (Wildman–Crippen LogP) is 9.69. The van der Waals surface area contributed by atoms with Crippen molar-refractivity contribution in [1.29, 1.82) is 0 Å². The summed E-state index contributed by atoms with van der Waals surface area (Å²) in [6, 6.07) is 15.9. The second-order valence-corrected chi connectivity index (χ2v) is 13.3. The van der Waals surface area contributed by atoms with E-state index in [1.54, 1.807) is 39.1 Å². The summed E-state index contributed by atoms with van der Waals surface area (Å²) >= 11 is 0. The quantitative estimate of drug-likeness (QED) is 0.151. The maximum Gasteiger partial charge on any atom is 0.251 e. The van der Waals surface area contributed by atoms with Crippen LogP contribution in [0.4, 0.5) is 23.2 Å². The number of aliphatic hydroxyl groups is 1. The van der Waals surface area contributed by atoms with Crippen molar-refractivity contribution in [3.8, 4) is 17.0 Å². The number of hydrogen-bond donors (Lipinski definition) is 2. The molecular weight excluding hydrogens is 646 g/mol. The number of benzene rings is 3. The zero-order chi connectivity index (χ0) is 37.0. The average molecular weight is 692 g/mol. The first-order valence-corrected chi connectivity index (χ1v) is 16.8. The van der Waals surface area contributed by atoms with Crippen LogP contribution in [-0.2, 0) is 5.60 Å². The lowest BCUT2D eigenvalue weighted by Crippen LogP contribution is -2.30. The van der Waals surface area contributed by atoms with E-state index in [0.717, 1.165) is 30.0 Å². The molecule has 266 valence electrons. The van der Waals surface area contributed by atoms with Gasteiger partial charge in [0, 0.05) is 47.0 Å². The first-order chi connectivity index (χ1) is 23.6. The van der Waals surface area contributed by atoms with Crippen LogP contribution in [0, 0.1) is 17.5 Å². The molecule has 2 N–H and O–H groups in total. The normalized spacial score (nSPS) is 14.3. The third-order valence-corrected chi connectivity index (χ3v) is 8.48. The highest BCUT2D eigenvalue weighted by atomic mass is 19.1. The van der Waals surface area contributed by atoms with E-state index in [1.165, 1.54) is 33.1 Å². The van der Waals surface area contributed by atoms with Crippen LogP contribution in [0.25, 0.3) is 11.3 Å². The highest BCUT2D eigenvalue weighted by Crippen LogP contribution is 2.39. The van der Waals surface area contributed by atoms with Crippen molar-refractivity contribution in [2.45, 2.75) is 84.4 Å². The molecule has 1 aliphatic carbocycles. The Morgan fingerprint density at radius 2 is 1.66 bits per heavy atom. The lowest BCUT2D eigenvalue weighted by Gasteiger charge is -2.25. The number of nitrogens with one attached hydrogen (secondary N) is 1. The van der Waals surface area contributed by atoms with Crippen molar-refractivity contribution >= 4 is 17.8 Å². The minimum atomic E-state index is -1.66. The van der Waals surface area contributed by atoms with E-state index in [1.807, 2.05) is 44.2 Å². The predicted molar refractivity (Wildman–Crippen MR) is 190 cm³/mol. The van der Waals surface area contributed by atoms with Crippen molar-refractivity contribution in [2.75, 3.05) is 13.7 Å². The van der Waals surface area contributed by atoms with Crippen LogP contribution in [0.2, 0.25) is 0 Å². The number of aromatic nitrogens is 1. The maximum atomic E-state index is 16.0. The van der Waals surface area contributed by atoms with E-state index in [9.17, 15) is 18.7 Å². The summed E-state index contributed by atoms with van der Waals surface area (Å²) in [5.41, 5.74) is -0.0249. The Balaban J connectivity index is 0.000000726. The molecule has 1 amide bonds. The molecule has 0 spiro atoms. The number of pyridine rings is 1. The van der Waals surface area contributed by atoms with Crippen LogP contribution in [0.15, 0.2) is 65.7 Å². The number of fused-ring (bicyclic) bond motifs is 1. The molecule has 3 aromatic carbocycles. The number of ether oxygens (including phenoxy) is 1. The maximum absolute atomic E-state index is 16.0. The Labute approximate surface area is 291 Å². The van der Waals surface area contributed by atoms with Gasteiger partial charge in [0.05, 0.1) is 18.4 Å². The number of carbonyl (C=O) groups excluding carboxylic acids is 1. The minimum Gasteiger partial charge on any atom is -0.494 e. The molecule has 1 aromatic heterocycles. The fraction of sp³-hybridized carbons (Fsp3) is 0.375. The molecule has 4 aromatic rings. The number of hydrogen-bond acceptors (Lipinski definition) is 5. The standard InChI is InChI=1S/C34H32F3N3O3.C4H7F.C2H6/c1-18(2)22-13-23(27(36)15-26(22)35)32-30(37)25(34(3,4)42)14-28(40-32)24(19-9-7-6-8-10-19)17-39-33(41)20-11-21-16-38-31(21)29(12-20)43-5;1-4(5)2-3-4;1-2/h6-16,18,24,42H,17H2,1-5H3,(H,39,41);2-3H2,1H3;1-2H3. The van der Waals surface area contributed by atoms with Crippen LogP contribution >= 0.6 is 0 Å². The number of rotatable bonds is 9. The van der Waals surface area contributed by atoms with Gasteiger partial charge in [-0.2, -0.15) is 0 Å². The van der Waals surface area contributed by atoms with Crippen LogP contribution in [-0.4, -0.2) is 41.5 Å². The first-order valence-electron chi connectivity index (χ1n) is 16.8. The Morgan fingerprint density at radius 1 is 1.02 bits per heavy atom. The molecule has 50 heavy (non-hydrogen) atoms. The van der Waals surface area contributed by atoms with Gasteiger partial charge in [0.15, 0.2) is 5.82 Å². The summed E-state index contributed by atoms with van der Waals surface area (Å²) < 4.78 is 63.0. The van der Waals surface area contributed by atoms with E-state index in [4.69, 9.17) is 4.74 Å². The highest BCUT2D eigenvalue weighted by Gasteiger charge is 2.36. The molecule has 1 unspecified atom stereocenters. The summed E-state index contributed by atoms with van der Waals surface area (Å²) in [5.74, 6) is -3.44. The largest absolute Gasteiger partial charge is 0.494 e. The molecule has 1 saturated carbocycles. The Bertz CT molecular complexity index is 1860. The van der Waals surface area contributed by atoms with Crippen LogP contribution in [0.1, 0.15) is 111 Å². The summed E-state index contributed by atoms with van der Waals surface area (Å²) in [4.78, 5) is 22.0. The topological polar surface area (TPSA) is 83.8 Å². The number of methoxy groups -OCH3 is 1. The molecule has 10 heteroatoms. The first kappa shape index (κ1) is 38.2. The smallest absolute Gasteiger partial charge is 0.251 e. The lowest BCUT2D eigenvalue weighted by atomic mass is 9.89. The molecule has 1 fully saturated rings. The van der Waals surface area contributed by atoms with Gasteiger partial charge in [-0.05, 0) is 74.9 Å². The zero-order valence-electron chi connectivity index (χ0n) is 29.8. The summed E-state index contributed by atoms with van der Waals surface area (Å²) in [6.45, 7) is 12.0. The van der Waals surface area contributed by atoms with Gasteiger partial charge < -0.3 is 15.2 Å². The number of carbonyl (C=O) groups is 1. The van der Waals surface area contributed by atoms with Gasteiger partial charge in [0.1, 0.15) is 34.4 Å². The fourth-order valence-corrected chi connectivity index (χ4v) is 5.31. The summed E-state index contributed by atoms with van der Waals surface area (Å²) in [5, 5.41) is 13.9. The summed E-state index contributed by atoms with van der Waals surface area (Å²) in [7, 11) is 1.50. The average Bonchev–Trinajstić information content (AvgIpc) is 3.76. The Hall–Kier alpha value is -4.57. The lowest BCUT2D eigenvalue weighted by molar-refractivity contribution is 0.0743. The molecule has 1 atom stereocenters. The molecule has 2 heterocycles. The zero-order valence-corrected chi connectivity index (χ0v) is 29.8. The number of aliphatic imine (C=N–C) groups is 1. The van der Waals surface area contributed by atoms with Crippen LogP contribution in [0.3, 0.4) is 0 Å². The summed E-state index contributed by atoms with van der Waals surface area (Å²) in [6.07, 6.45) is 3.21. The molecule has 0 radical (unpaired) electrons. The van der Waals surface area contributed by atoms with Crippen LogP contribution in [0.5, 0.6) is 5.75 Å². The van der Waals surface area contributed by atoms with Gasteiger partial charge in [0.25, 0.3) is 5.91 Å². The van der Waals surface area contributed by atoms with Crippen molar-refractivity contribution in [3.05, 3.63) is 112 Å². The van der Waals surface area contributed by atoms with E-state index >= 15 is 8.78 Å². The third kappa shape index (κ3) is 8.77. The van der Waals surface area contributed by atoms with Gasteiger partial charge in [-0.3, -0.25) is 9.79 Å². The fourth-order valence-electron chi connectivity index (χ4n) is 5.31. The molecule has 1 aliphatic heterocycles. The third-order valence-electron chi connectivity index (χ3n) is 8.48. The second kappa shape index (κ2) is 15.5. The van der Waals surface area contributed by atoms with Crippen LogP contribution < -0.4 is 10.1 Å². The Morgan fingerprint density at radius 3 is 2.18 bits per heavy atom. The monoisotopic (exact) mass is 691 g/mol. The van der Waals surface area contributed by atoms with Gasteiger partial charge in [-0.1, -0.05) is 58.0 Å². The van der Waals surface area contributed by atoms with Gasteiger partial charge >= 0.3 is 0 Å². The second-order valence-electron chi connectivity index (χ2n) is 13.3. The molecule has 6 nitrogen and oxygen atoms in total. The van der Waals surface area contributed by atoms with Crippen molar-refractivity contribution in [3.63, 3.8) is 0 Å². The van der Waals surface area contributed by atoms with Crippen molar-refractivity contribution in [1.82, 2.24) is 10.3 Å². The van der Waals surface area contributed by atoms with E-state index in [2.05, 4.69) is 15.3 Å². The number of nitrogens with zero attached hydrogens (tertiary/aromatic N) is 2. The number of alkyl halides is 1. The van der Waals surface area contributed by atoms with Gasteiger partial charge in [-0.15, -0.1) is 0 Å². The highest BCUT2D eigenvalue weighted by molar-refractivity contribution is 6.04. The van der Waals surface area contributed by atoms with Crippen molar-refractivity contribution < 1.29 is 32.2 Å². The molecule has 2 aliphatic rings. The molecule has 0 bridgehead atoms. The van der Waals surface area contributed by atoms with E-state index in [0.29, 0.717) is 17.0 Å². The van der Waals surface area contributed by atoms with E-state index < -0.39 is 34.6 Å². The molecule has 0 saturated heterocycles. The number of halogens is 4. The molecule has 6 rings (SSSR count). The van der Waals surface area contributed by atoms with E-state index in [-0.39, 0.29) is 46.4 Å². The molecular formula is C40H45F4N3O3. The van der Waals surface area contributed by atoms with Gasteiger partial charge in [-0.25, -0.2) is 22.5 Å². The van der Waals surface area contributed by atoms with Crippen molar-refractivity contribution in [2.24, 2.45) is 4.99 Å². The van der Waals surface area contributed by atoms with Gasteiger partial charge in [0.2, 0.25) is 0 Å². The SMILES string of the molecule is CC.CC1(F)CC1.COc1cc(C(=O)NCC(c2ccccc2)c2cc(C(C)(C)O)c(F)c(-c3cc(C(C)C)c(F)cc3F)n2)cc2c1N=C2. The minimum absolute atomic E-state index is 0.0445. The Kier molecular flexibility index (Phi) is 11.9. The number of amides is 1.